The van der Waals surface area contributed by atoms with Crippen LogP contribution in [0, 0.1) is 0 Å². The van der Waals surface area contributed by atoms with E-state index in [-0.39, 0.29) is 17.2 Å². The van der Waals surface area contributed by atoms with Crippen molar-refractivity contribution in [2.75, 3.05) is 10.6 Å². The molecule has 18 heavy (non-hydrogen) atoms. The predicted octanol–water partition coefficient (Wildman–Crippen LogP) is 1.54. The second kappa shape index (κ2) is 5.28. The molecule has 8 heteroatoms. The van der Waals surface area contributed by atoms with E-state index in [0.29, 0.717) is 11.4 Å². The number of halogens is 1. The smallest absolute Gasteiger partial charge is 0.258 e. The van der Waals surface area contributed by atoms with Crippen LogP contribution in [-0.4, -0.2) is 22.6 Å². The van der Waals surface area contributed by atoms with Crippen molar-refractivity contribution < 1.29 is 14.2 Å². The van der Waals surface area contributed by atoms with Gasteiger partial charge >= 0.3 is 0 Å². The van der Waals surface area contributed by atoms with Crippen molar-refractivity contribution in [2.45, 2.75) is 0 Å². The second-order valence-corrected chi connectivity index (χ2v) is 3.56. The largest absolute Gasteiger partial charge is 0.307 e. The molecule has 0 aliphatic rings. The van der Waals surface area contributed by atoms with Gasteiger partial charge in [-0.25, -0.2) is 4.63 Å². The third-order valence-electron chi connectivity index (χ3n) is 2.03. The van der Waals surface area contributed by atoms with Crippen LogP contribution in [0.25, 0.3) is 0 Å². The van der Waals surface area contributed by atoms with Crippen LogP contribution in [0.4, 0.5) is 11.6 Å². The highest BCUT2D eigenvalue weighted by molar-refractivity contribution is 6.34. The number of nitrogens with zero attached hydrogens (tertiary/aromatic N) is 2. The van der Waals surface area contributed by atoms with E-state index in [4.69, 9.17) is 11.6 Å². The van der Waals surface area contributed by atoms with Gasteiger partial charge in [0.15, 0.2) is 0 Å². The lowest BCUT2D eigenvalue weighted by Gasteiger charge is -2.03. The summed E-state index contributed by atoms with van der Waals surface area (Å²) in [4.78, 5) is 22.1. The topological polar surface area (TPSA) is 97.1 Å². The first kappa shape index (κ1) is 12.1. The quantitative estimate of drug-likeness (QED) is 0.818. The van der Waals surface area contributed by atoms with Gasteiger partial charge in [-0.05, 0) is 22.4 Å². The molecule has 2 amide bonds. The van der Waals surface area contributed by atoms with Gasteiger partial charge in [-0.1, -0.05) is 23.7 Å². The summed E-state index contributed by atoms with van der Waals surface area (Å²) in [6, 6.07) is 6.52. The Hall–Kier alpha value is -2.41. The van der Waals surface area contributed by atoms with E-state index in [2.05, 4.69) is 25.6 Å². The van der Waals surface area contributed by atoms with Crippen molar-refractivity contribution in [3.05, 3.63) is 34.9 Å². The van der Waals surface area contributed by atoms with E-state index in [9.17, 15) is 9.59 Å². The maximum atomic E-state index is 11.9. The summed E-state index contributed by atoms with van der Waals surface area (Å²) in [5.74, 6) is -0.456. The maximum absolute atomic E-state index is 11.9. The SMILES string of the molecule is O=CNc1nonc1NC(=O)c1ccccc1Cl. The van der Waals surface area contributed by atoms with Gasteiger partial charge in [-0.15, -0.1) is 0 Å². The fraction of sp³-hybridized carbons (Fsp3) is 0. The minimum atomic E-state index is -0.481. The number of hydrogen-bond acceptors (Lipinski definition) is 5. The molecular weight excluding hydrogens is 260 g/mol. The Morgan fingerprint density at radius 3 is 2.72 bits per heavy atom. The van der Waals surface area contributed by atoms with E-state index in [0.717, 1.165) is 0 Å². The molecule has 0 saturated carbocycles. The van der Waals surface area contributed by atoms with Gasteiger partial charge in [0, 0.05) is 0 Å². The molecule has 2 aromatic rings. The zero-order valence-electron chi connectivity index (χ0n) is 8.88. The highest BCUT2D eigenvalue weighted by atomic mass is 35.5. The van der Waals surface area contributed by atoms with Gasteiger partial charge in [0.05, 0.1) is 10.6 Å². The summed E-state index contributed by atoms with van der Waals surface area (Å²) < 4.78 is 4.40. The van der Waals surface area contributed by atoms with Crippen LogP contribution in [0.5, 0.6) is 0 Å². The van der Waals surface area contributed by atoms with E-state index in [1.54, 1.807) is 24.3 Å². The standard InChI is InChI=1S/C10H7ClN4O3/c11-7-4-2-1-3-6(7)10(17)13-9-8(12-5-16)14-18-15-9/h1-5H,(H,12,14,16)(H,13,15,17). The zero-order valence-corrected chi connectivity index (χ0v) is 9.64. The molecular formula is C10H7ClN4O3. The summed E-state index contributed by atoms with van der Waals surface area (Å²) in [7, 11) is 0. The van der Waals surface area contributed by atoms with Crippen LogP contribution in [0.2, 0.25) is 5.02 Å². The van der Waals surface area contributed by atoms with Crippen LogP contribution in [-0.2, 0) is 4.79 Å². The Morgan fingerprint density at radius 1 is 1.28 bits per heavy atom. The highest BCUT2D eigenvalue weighted by Gasteiger charge is 2.15. The summed E-state index contributed by atoms with van der Waals surface area (Å²) in [5, 5.41) is 11.8. The number of anilines is 2. The molecule has 0 fully saturated rings. The number of benzene rings is 1. The zero-order chi connectivity index (χ0) is 13.0. The average Bonchev–Trinajstić information content (AvgIpc) is 2.78. The molecule has 2 N–H and O–H groups in total. The first-order chi connectivity index (χ1) is 8.72. The van der Waals surface area contributed by atoms with Crippen molar-refractivity contribution in [3.8, 4) is 0 Å². The third kappa shape index (κ3) is 2.46. The number of carbonyl (C=O) groups is 2. The van der Waals surface area contributed by atoms with Gasteiger partial charge in [0.2, 0.25) is 18.0 Å². The Balaban J connectivity index is 2.19. The number of nitrogens with one attached hydrogen (secondary N) is 2. The Morgan fingerprint density at radius 2 is 2.00 bits per heavy atom. The first-order valence-corrected chi connectivity index (χ1v) is 5.19. The van der Waals surface area contributed by atoms with E-state index in [1.165, 1.54) is 0 Å². The summed E-state index contributed by atoms with van der Waals surface area (Å²) >= 11 is 5.87. The highest BCUT2D eigenvalue weighted by Crippen LogP contribution is 2.19. The number of amides is 2. The minimum Gasteiger partial charge on any atom is -0.307 e. The molecule has 0 radical (unpaired) electrons. The molecule has 7 nitrogen and oxygen atoms in total. The Bertz CT molecular complexity index is 584. The Kier molecular flexibility index (Phi) is 3.54. The number of rotatable bonds is 4. The molecule has 0 bridgehead atoms. The molecule has 0 aliphatic heterocycles. The van der Waals surface area contributed by atoms with E-state index < -0.39 is 5.91 Å². The molecule has 1 aromatic carbocycles. The molecule has 0 spiro atoms. The molecule has 2 rings (SSSR count). The summed E-state index contributed by atoms with van der Waals surface area (Å²) in [5.41, 5.74) is 0.277. The molecule has 0 unspecified atom stereocenters. The minimum absolute atomic E-state index is 0.00650. The lowest BCUT2D eigenvalue weighted by molar-refractivity contribution is -0.105. The fourth-order valence-corrected chi connectivity index (χ4v) is 1.46. The monoisotopic (exact) mass is 266 g/mol. The van der Waals surface area contributed by atoms with Crippen molar-refractivity contribution in [1.82, 2.24) is 10.3 Å². The van der Waals surface area contributed by atoms with Crippen molar-refractivity contribution >= 4 is 35.6 Å². The normalized spacial score (nSPS) is 9.83. The maximum Gasteiger partial charge on any atom is 0.258 e. The molecule has 1 heterocycles. The second-order valence-electron chi connectivity index (χ2n) is 3.16. The van der Waals surface area contributed by atoms with Crippen molar-refractivity contribution in [1.29, 1.82) is 0 Å². The molecule has 0 saturated heterocycles. The number of carbonyl (C=O) groups excluding carboxylic acids is 2. The molecule has 92 valence electrons. The van der Waals surface area contributed by atoms with Gasteiger partial charge in [0.1, 0.15) is 0 Å². The fourth-order valence-electron chi connectivity index (χ4n) is 1.24. The van der Waals surface area contributed by atoms with Gasteiger partial charge in [-0.2, -0.15) is 0 Å². The summed E-state index contributed by atoms with van der Waals surface area (Å²) in [6.07, 6.45) is 0.394. The molecule has 0 aliphatic carbocycles. The van der Waals surface area contributed by atoms with Gasteiger partial charge in [-0.3, -0.25) is 9.59 Å². The van der Waals surface area contributed by atoms with Crippen molar-refractivity contribution in [2.24, 2.45) is 0 Å². The van der Waals surface area contributed by atoms with Gasteiger partial charge in [0.25, 0.3) is 5.91 Å². The van der Waals surface area contributed by atoms with Crippen LogP contribution >= 0.6 is 11.6 Å². The van der Waals surface area contributed by atoms with Gasteiger partial charge < -0.3 is 10.6 Å². The first-order valence-electron chi connectivity index (χ1n) is 4.81. The van der Waals surface area contributed by atoms with Crippen LogP contribution in [0.1, 0.15) is 10.4 Å². The lowest BCUT2D eigenvalue weighted by atomic mass is 10.2. The van der Waals surface area contributed by atoms with Crippen molar-refractivity contribution in [3.63, 3.8) is 0 Å². The molecule has 1 aromatic heterocycles. The number of hydrogen-bond donors (Lipinski definition) is 2. The Labute approximate surface area is 106 Å². The van der Waals surface area contributed by atoms with Crippen LogP contribution in [0.15, 0.2) is 28.9 Å². The molecule has 0 atom stereocenters. The number of aromatic nitrogens is 2. The third-order valence-corrected chi connectivity index (χ3v) is 2.36. The average molecular weight is 267 g/mol. The summed E-state index contributed by atoms with van der Waals surface area (Å²) in [6.45, 7) is 0. The van der Waals surface area contributed by atoms with Crippen LogP contribution in [0.3, 0.4) is 0 Å². The lowest BCUT2D eigenvalue weighted by Crippen LogP contribution is -2.14. The van der Waals surface area contributed by atoms with E-state index >= 15 is 0 Å². The predicted molar refractivity (Wildman–Crippen MR) is 63.4 cm³/mol. The van der Waals surface area contributed by atoms with E-state index in [1.807, 2.05) is 0 Å². The van der Waals surface area contributed by atoms with Crippen LogP contribution < -0.4 is 10.6 Å².